The molecule has 0 spiro atoms. The smallest absolute Gasteiger partial charge is 0.231 e. The summed E-state index contributed by atoms with van der Waals surface area (Å²) in [5.41, 5.74) is 1.00. The summed E-state index contributed by atoms with van der Waals surface area (Å²) in [6.07, 6.45) is 0. The van der Waals surface area contributed by atoms with Crippen molar-refractivity contribution >= 4 is 32.7 Å². The Kier molecular flexibility index (Phi) is 2.12. The first-order valence-corrected chi connectivity index (χ1v) is 7.00. The number of fused-ring (bicyclic) bond motifs is 6. The lowest BCUT2D eigenvalue weighted by atomic mass is 10.0. The highest BCUT2D eigenvalue weighted by Crippen LogP contribution is 2.39. The Labute approximate surface area is 124 Å². The highest BCUT2D eigenvalue weighted by molar-refractivity contribution is 6.09. The van der Waals surface area contributed by atoms with Crippen molar-refractivity contribution in [2.75, 3.05) is 6.79 Å². The van der Waals surface area contributed by atoms with E-state index in [4.69, 9.17) is 13.9 Å². The second-order valence-electron chi connectivity index (χ2n) is 5.26. The van der Waals surface area contributed by atoms with Crippen LogP contribution in [0.3, 0.4) is 0 Å². The molecule has 106 valence electrons. The van der Waals surface area contributed by atoms with Crippen molar-refractivity contribution < 1.29 is 13.9 Å². The topological polar surface area (TPSA) is 48.7 Å². The van der Waals surface area contributed by atoms with E-state index in [1.54, 1.807) is 12.1 Å². The molecule has 2 heterocycles. The van der Waals surface area contributed by atoms with Crippen molar-refractivity contribution in [1.29, 1.82) is 0 Å². The van der Waals surface area contributed by atoms with Crippen molar-refractivity contribution in [2.45, 2.75) is 0 Å². The molecule has 0 amide bonds. The average Bonchev–Trinajstić information content (AvgIpc) is 3.02. The van der Waals surface area contributed by atoms with Crippen LogP contribution in [-0.4, -0.2) is 6.79 Å². The third-order valence-electron chi connectivity index (χ3n) is 4.07. The molecule has 1 aliphatic heterocycles. The second kappa shape index (κ2) is 4.01. The Bertz CT molecular complexity index is 1120. The molecule has 0 N–H and O–H groups in total. The zero-order valence-corrected chi connectivity index (χ0v) is 11.5. The molecule has 0 saturated heterocycles. The van der Waals surface area contributed by atoms with Gasteiger partial charge in [-0.3, -0.25) is 4.79 Å². The molecule has 4 aromatic rings. The Morgan fingerprint density at radius 1 is 0.818 bits per heavy atom. The van der Waals surface area contributed by atoms with Crippen LogP contribution >= 0.6 is 0 Å². The third kappa shape index (κ3) is 1.39. The number of rotatable bonds is 0. The van der Waals surface area contributed by atoms with Gasteiger partial charge < -0.3 is 13.9 Å². The lowest BCUT2D eigenvalue weighted by Gasteiger charge is -2.06. The van der Waals surface area contributed by atoms with E-state index in [0.717, 1.165) is 10.8 Å². The third-order valence-corrected chi connectivity index (χ3v) is 4.07. The van der Waals surface area contributed by atoms with Crippen LogP contribution in [0.2, 0.25) is 0 Å². The quantitative estimate of drug-likeness (QED) is 0.365. The van der Waals surface area contributed by atoms with Gasteiger partial charge in [0.15, 0.2) is 11.5 Å². The van der Waals surface area contributed by atoms with Crippen molar-refractivity contribution in [2.24, 2.45) is 0 Å². The summed E-state index contributed by atoms with van der Waals surface area (Å²) in [6.45, 7) is 0.126. The molecule has 1 aliphatic rings. The van der Waals surface area contributed by atoms with Crippen molar-refractivity contribution in [1.82, 2.24) is 0 Å². The van der Waals surface area contributed by atoms with Gasteiger partial charge in [-0.05, 0) is 29.0 Å². The Morgan fingerprint density at radius 2 is 1.64 bits per heavy atom. The fourth-order valence-corrected chi connectivity index (χ4v) is 3.07. The SMILES string of the molecule is O=c1c2c3c(ccc2oc2ccc4ccccc4c12)OCO3. The molecular weight excluding hydrogens is 280 g/mol. The summed E-state index contributed by atoms with van der Waals surface area (Å²) in [6, 6.07) is 15.1. The van der Waals surface area contributed by atoms with Crippen LogP contribution in [0.5, 0.6) is 11.5 Å². The van der Waals surface area contributed by atoms with Crippen LogP contribution in [-0.2, 0) is 0 Å². The van der Waals surface area contributed by atoms with E-state index < -0.39 is 0 Å². The van der Waals surface area contributed by atoms with E-state index >= 15 is 0 Å². The van der Waals surface area contributed by atoms with Gasteiger partial charge >= 0.3 is 0 Å². The number of ether oxygens (including phenoxy) is 2. The highest BCUT2D eigenvalue weighted by atomic mass is 16.7. The molecule has 0 atom stereocenters. The molecule has 4 heteroatoms. The normalized spacial score (nSPS) is 13.3. The minimum atomic E-state index is -0.0876. The van der Waals surface area contributed by atoms with Gasteiger partial charge in [-0.2, -0.15) is 0 Å². The second-order valence-corrected chi connectivity index (χ2v) is 5.26. The van der Waals surface area contributed by atoms with Crippen LogP contribution in [0.25, 0.3) is 32.7 Å². The molecule has 1 aromatic heterocycles. The molecule has 3 aromatic carbocycles. The van der Waals surface area contributed by atoms with E-state index in [-0.39, 0.29) is 12.2 Å². The first-order valence-electron chi connectivity index (χ1n) is 7.00. The minimum Gasteiger partial charge on any atom is -0.456 e. The molecule has 0 aliphatic carbocycles. The summed E-state index contributed by atoms with van der Waals surface area (Å²) < 4.78 is 16.8. The van der Waals surface area contributed by atoms with Crippen molar-refractivity contribution in [3.8, 4) is 11.5 Å². The maximum absolute atomic E-state index is 13.1. The lowest BCUT2D eigenvalue weighted by molar-refractivity contribution is 0.175. The Morgan fingerprint density at radius 3 is 2.59 bits per heavy atom. The molecule has 0 bridgehead atoms. The molecule has 0 saturated carbocycles. The van der Waals surface area contributed by atoms with Crippen LogP contribution in [0.4, 0.5) is 0 Å². The first kappa shape index (κ1) is 11.6. The fourth-order valence-electron chi connectivity index (χ4n) is 3.07. The highest BCUT2D eigenvalue weighted by Gasteiger charge is 2.22. The van der Waals surface area contributed by atoms with E-state index in [1.165, 1.54) is 0 Å². The number of benzene rings is 3. The van der Waals surface area contributed by atoms with Crippen LogP contribution in [0, 0.1) is 0 Å². The number of hydrogen-bond donors (Lipinski definition) is 0. The van der Waals surface area contributed by atoms with Gasteiger partial charge in [0.05, 0.1) is 5.39 Å². The molecule has 22 heavy (non-hydrogen) atoms. The predicted molar refractivity (Wildman–Crippen MR) is 83.6 cm³/mol. The Hall–Kier alpha value is -3.01. The summed E-state index contributed by atoms with van der Waals surface area (Å²) in [5.74, 6) is 1.06. The molecule has 0 radical (unpaired) electrons. The van der Waals surface area contributed by atoms with Gasteiger partial charge in [-0.1, -0.05) is 30.3 Å². The average molecular weight is 290 g/mol. The van der Waals surface area contributed by atoms with E-state index in [1.807, 2.05) is 36.4 Å². The minimum absolute atomic E-state index is 0.0876. The Balaban J connectivity index is 2.08. The van der Waals surface area contributed by atoms with Gasteiger partial charge in [-0.25, -0.2) is 0 Å². The van der Waals surface area contributed by atoms with Gasteiger partial charge in [0, 0.05) is 0 Å². The standard InChI is InChI=1S/C18H10O4/c19-17-15-11-4-2-1-3-10(11)5-6-12(15)22-13-7-8-14-18(16(13)17)21-9-20-14/h1-8H,9H2. The monoisotopic (exact) mass is 290 g/mol. The summed E-state index contributed by atoms with van der Waals surface area (Å²) in [7, 11) is 0. The van der Waals surface area contributed by atoms with Gasteiger partial charge in [0.25, 0.3) is 0 Å². The van der Waals surface area contributed by atoms with E-state index in [2.05, 4.69) is 0 Å². The van der Waals surface area contributed by atoms with Crippen molar-refractivity contribution in [3.05, 3.63) is 58.8 Å². The molecule has 0 unspecified atom stereocenters. The summed E-state index contributed by atoms with van der Waals surface area (Å²) >= 11 is 0. The van der Waals surface area contributed by atoms with E-state index in [0.29, 0.717) is 33.4 Å². The molecule has 4 nitrogen and oxygen atoms in total. The van der Waals surface area contributed by atoms with E-state index in [9.17, 15) is 4.79 Å². The zero-order valence-electron chi connectivity index (χ0n) is 11.5. The zero-order chi connectivity index (χ0) is 14.7. The van der Waals surface area contributed by atoms with Crippen LogP contribution < -0.4 is 14.9 Å². The van der Waals surface area contributed by atoms with Gasteiger partial charge in [-0.15, -0.1) is 0 Å². The first-order chi connectivity index (χ1) is 10.8. The van der Waals surface area contributed by atoms with Crippen LogP contribution in [0.15, 0.2) is 57.7 Å². The fraction of sp³-hybridized carbons (Fsp3) is 0.0556. The van der Waals surface area contributed by atoms with Gasteiger partial charge in [0.2, 0.25) is 12.2 Å². The number of hydrogen-bond acceptors (Lipinski definition) is 4. The predicted octanol–water partition coefficient (Wildman–Crippen LogP) is 3.83. The molecule has 5 rings (SSSR count). The summed E-state index contributed by atoms with van der Waals surface area (Å²) in [5, 5.41) is 2.91. The van der Waals surface area contributed by atoms with Gasteiger partial charge in [0.1, 0.15) is 16.6 Å². The molecular formula is C18H10O4. The molecule has 0 fully saturated rings. The maximum Gasteiger partial charge on any atom is 0.231 e. The largest absolute Gasteiger partial charge is 0.456 e. The van der Waals surface area contributed by atoms with Crippen molar-refractivity contribution in [3.63, 3.8) is 0 Å². The maximum atomic E-state index is 13.1. The summed E-state index contributed by atoms with van der Waals surface area (Å²) in [4.78, 5) is 13.1. The lowest BCUT2D eigenvalue weighted by Crippen LogP contribution is -2.04. The van der Waals surface area contributed by atoms with Crippen LogP contribution in [0.1, 0.15) is 0 Å².